The Bertz CT molecular complexity index is 1400. The van der Waals surface area contributed by atoms with Gasteiger partial charge in [-0.2, -0.15) is 18.4 Å². The molecule has 0 saturated carbocycles. The highest BCUT2D eigenvalue weighted by molar-refractivity contribution is 7.92. The number of benzene rings is 2. The normalized spacial score (nSPS) is 17.5. The fourth-order valence-electron chi connectivity index (χ4n) is 3.92. The van der Waals surface area contributed by atoms with E-state index in [0.717, 1.165) is 24.3 Å². The second-order valence-corrected chi connectivity index (χ2v) is 17.4. The number of sulfone groups is 1. The minimum atomic E-state index is -6.02. The van der Waals surface area contributed by atoms with Crippen molar-refractivity contribution in [2.24, 2.45) is 0 Å². The topological polar surface area (TPSA) is 88.4 Å². The summed E-state index contributed by atoms with van der Waals surface area (Å²) in [7, 11) is -8.29. The molecule has 1 aliphatic carbocycles. The van der Waals surface area contributed by atoms with E-state index in [2.05, 4.69) is 5.32 Å². The van der Waals surface area contributed by atoms with E-state index >= 15 is 8.78 Å². The Hall–Kier alpha value is -2.60. The largest absolute Gasteiger partial charge is 0.501 e. The third-order valence-corrected chi connectivity index (χ3v) is 13.0. The summed E-state index contributed by atoms with van der Waals surface area (Å²) in [4.78, 5) is -1.32. The van der Waals surface area contributed by atoms with E-state index in [-0.39, 0.29) is 35.3 Å². The minimum Gasteiger partial charge on any atom is -0.457 e. The molecule has 0 saturated heterocycles. The molecule has 0 heterocycles. The highest BCUT2D eigenvalue weighted by atomic mass is 32.2. The lowest BCUT2D eigenvalue weighted by Gasteiger charge is -2.36. The van der Waals surface area contributed by atoms with Crippen LogP contribution >= 0.6 is 0 Å². The van der Waals surface area contributed by atoms with Crippen LogP contribution in [-0.4, -0.2) is 41.3 Å². The number of halogens is 6. The van der Waals surface area contributed by atoms with Crippen molar-refractivity contribution in [2.45, 2.75) is 67.7 Å². The second-order valence-electron chi connectivity index (χ2n) is 10.7. The lowest BCUT2D eigenvalue weighted by Crippen LogP contribution is -2.43. The Morgan fingerprint density at radius 2 is 1.79 bits per heavy atom. The summed E-state index contributed by atoms with van der Waals surface area (Å²) < 4.78 is 121. The molecule has 0 fully saturated rings. The summed E-state index contributed by atoms with van der Waals surface area (Å²) >= 11 is 0. The Kier molecular flexibility index (Phi) is 8.26. The van der Waals surface area contributed by atoms with Crippen molar-refractivity contribution in [2.75, 3.05) is 13.2 Å². The number of hydrogen-bond donors (Lipinski definition) is 1. The van der Waals surface area contributed by atoms with Gasteiger partial charge >= 0.3 is 5.51 Å². The number of fused-ring (bicyclic) bond motifs is 1. The molecule has 2 aromatic carbocycles. The molecule has 39 heavy (non-hydrogen) atoms. The quantitative estimate of drug-likeness (QED) is 0.210. The molecular formula is C25H28F6N2O4SSi. The number of nitrogens with zero attached hydrogens (tertiary/aromatic N) is 1. The standard InChI is InChI=1S/C25H28F6N2O4SSi/c1-23(2,3)39(4,5)36-9-8-33-22-21-18(13-24(22,27)28)19(6-7-20(21)38(34,35)25(29,30)31)37-17-11-15(14-32)10-16(26)12-17/h6-7,10-12,22,33H,8-9,13H2,1-5H3/t22-/m1/s1. The van der Waals surface area contributed by atoms with Crippen molar-refractivity contribution >= 4 is 18.2 Å². The van der Waals surface area contributed by atoms with E-state index in [0.29, 0.717) is 6.07 Å². The van der Waals surface area contributed by atoms with Crippen LogP contribution in [0.25, 0.3) is 0 Å². The molecule has 214 valence electrons. The van der Waals surface area contributed by atoms with Gasteiger partial charge in [0.1, 0.15) is 17.3 Å². The van der Waals surface area contributed by atoms with Gasteiger partial charge < -0.3 is 14.5 Å². The third-order valence-electron chi connectivity index (χ3n) is 6.94. The van der Waals surface area contributed by atoms with Crippen LogP contribution in [0.1, 0.15) is 43.5 Å². The molecule has 1 N–H and O–H groups in total. The molecule has 1 atom stereocenters. The highest BCUT2D eigenvalue weighted by Crippen LogP contribution is 2.51. The van der Waals surface area contributed by atoms with Crippen LogP contribution in [0, 0.1) is 17.1 Å². The molecule has 0 amide bonds. The number of nitriles is 1. The highest BCUT2D eigenvalue weighted by Gasteiger charge is 2.55. The molecule has 6 nitrogen and oxygen atoms in total. The summed E-state index contributed by atoms with van der Waals surface area (Å²) in [5, 5.41) is 11.4. The molecule has 0 aromatic heterocycles. The van der Waals surface area contributed by atoms with Crippen molar-refractivity contribution in [1.82, 2.24) is 5.32 Å². The summed E-state index contributed by atoms with van der Waals surface area (Å²) in [5.74, 6) is -5.23. The Labute approximate surface area is 224 Å². The SMILES string of the molecule is CC(C)(C)[Si](C)(C)OCCN[C@@H]1c2c(S(=O)(=O)C(F)(F)F)ccc(Oc3cc(F)cc(C#N)c3)c2CC1(F)F. The fraction of sp³-hybridized carbons (Fsp3) is 0.480. The van der Waals surface area contributed by atoms with Crippen molar-refractivity contribution in [1.29, 1.82) is 5.26 Å². The fourth-order valence-corrected chi connectivity index (χ4v) is 5.99. The van der Waals surface area contributed by atoms with Gasteiger partial charge in [0.15, 0.2) is 8.32 Å². The Balaban J connectivity index is 2.06. The van der Waals surface area contributed by atoms with Crippen LogP contribution in [0.5, 0.6) is 11.5 Å². The number of ether oxygens (including phenoxy) is 1. The molecule has 0 radical (unpaired) electrons. The summed E-state index contributed by atoms with van der Waals surface area (Å²) in [6.07, 6.45) is -1.14. The van der Waals surface area contributed by atoms with Gasteiger partial charge in [-0.3, -0.25) is 0 Å². The first kappa shape index (κ1) is 30.9. The average Bonchev–Trinajstić information content (AvgIpc) is 3.05. The minimum absolute atomic E-state index is 0.0316. The van der Waals surface area contributed by atoms with Gasteiger partial charge in [0, 0.05) is 36.8 Å². The van der Waals surface area contributed by atoms with Crippen molar-refractivity contribution in [3.8, 4) is 17.6 Å². The van der Waals surface area contributed by atoms with Crippen molar-refractivity contribution in [3.63, 3.8) is 0 Å². The van der Waals surface area contributed by atoms with Crippen LogP contribution in [0.3, 0.4) is 0 Å². The van der Waals surface area contributed by atoms with E-state index in [9.17, 15) is 26.0 Å². The predicted octanol–water partition coefficient (Wildman–Crippen LogP) is 6.63. The zero-order chi connectivity index (χ0) is 29.6. The summed E-state index contributed by atoms with van der Waals surface area (Å²) in [6, 6.07) is 3.81. The number of alkyl halides is 5. The molecule has 14 heteroatoms. The average molecular weight is 595 g/mol. The molecular weight excluding hydrogens is 566 g/mol. The molecule has 3 rings (SSSR count). The second kappa shape index (κ2) is 10.4. The van der Waals surface area contributed by atoms with Crippen LogP contribution in [0.2, 0.25) is 18.1 Å². The number of nitrogens with one attached hydrogen (secondary N) is 1. The molecule has 2 aromatic rings. The maximum atomic E-state index is 15.3. The summed E-state index contributed by atoms with van der Waals surface area (Å²) in [5.41, 5.74) is -7.15. The van der Waals surface area contributed by atoms with Gasteiger partial charge in [0.25, 0.3) is 15.8 Å². The van der Waals surface area contributed by atoms with Crippen LogP contribution in [-0.2, 0) is 20.7 Å². The molecule has 0 spiro atoms. The van der Waals surface area contributed by atoms with E-state index in [4.69, 9.17) is 14.4 Å². The van der Waals surface area contributed by atoms with E-state index < -0.39 is 63.9 Å². The Morgan fingerprint density at radius 1 is 1.15 bits per heavy atom. The van der Waals surface area contributed by atoms with Crippen molar-refractivity contribution in [3.05, 3.63) is 52.8 Å². The first-order valence-electron chi connectivity index (χ1n) is 11.8. The number of rotatable bonds is 8. The molecule has 0 unspecified atom stereocenters. The van der Waals surface area contributed by atoms with Gasteiger partial charge in [-0.1, -0.05) is 20.8 Å². The van der Waals surface area contributed by atoms with Crippen LogP contribution in [0.15, 0.2) is 35.2 Å². The van der Waals surface area contributed by atoms with Gasteiger partial charge in [-0.05, 0) is 42.4 Å². The zero-order valence-corrected chi connectivity index (χ0v) is 23.7. The first-order valence-corrected chi connectivity index (χ1v) is 16.2. The monoisotopic (exact) mass is 594 g/mol. The lowest BCUT2D eigenvalue weighted by molar-refractivity contribution is -0.0442. The predicted molar refractivity (Wildman–Crippen MR) is 133 cm³/mol. The van der Waals surface area contributed by atoms with Gasteiger partial charge in [-0.25, -0.2) is 21.6 Å². The maximum Gasteiger partial charge on any atom is 0.501 e. The van der Waals surface area contributed by atoms with E-state index in [1.807, 2.05) is 33.9 Å². The Morgan fingerprint density at radius 3 is 2.36 bits per heavy atom. The van der Waals surface area contributed by atoms with E-state index in [1.165, 1.54) is 0 Å². The third kappa shape index (κ3) is 6.26. The van der Waals surface area contributed by atoms with Gasteiger partial charge in [0.2, 0.25) is 0 Å². The molecule has 1 aliphatic rings. The zero-order valence-electron chi connectivity index (χ0n) is 21.8. The van der Waals surface area contributed by atoms with Crippen LogP contribution in [0.4, 0.5) is 26.3 Å². The maximum absolute atomic E-state index is 15.3. The molecule has 0 bridgehead atoms. The summed E-state index contributed by atoms with van der Waals surface area (Å²) in [6.45, 7) is 9.57. The molecule has 0 aliphatic heterocycles. The van der Waals surface area contributed by atoms with E-state index in [1.54, 1.807) is 6.07 Å². The smallest absolute Gasteiger partial charge is 0.457 e. The lowest BCUT2D eigenvalue weighted by atomic mass is 10.1. The van der Waals surface area contributed by atoms with Crippen molar-refractivity contribution < 1.29 is 43.9 Å². The first-order chi connectivity index (χ1) is 17.7. The van der Waals surface area contributed by atoms with Gasteiger partial charge in [0.05, 0.1) is 22.6 Å². The number of hydrogen-bond acceptors (Lipinski definition) is 6. The van der Waals surface area contributed by atoms with Gasteiger partial charge in [-0.15, -0.1) is 0 Å². The van der Waals surface area contributed by atoms with Crippen LogP contribution < -0.4 is 10.1 Å².